The second-order valence-electron chi connectivity index (χ2n) is 5.82. The van der Waals surface area contributed by atoms with Crippen molar-refractivity contribution in [3.8, 4) is 0 Å². The van der Waals surface area contributed by atoms with Gasteiger partial charge in [-0.3, -0.25) is 4.79 Å². The average molecular weight is 447 g/mol. The van der Waals surface area contributed by atoms with Gasteiger partial charge in [0.25, 0.3) is 5.91 Å². The molecule has 0 spiro atoms. The molecule has 0 radical (unpaired) electrons. The van der Waals surface area contributed by atoms with E-state index in [1.54, 1.807) is 66.7 Å². The summed E-state index contributed by atoms with van der Waals surface area (Å²) in [5.41, 5.74) is 0.859. The van der Waals surface area contributed by atoms with Gasteiger partial charge in [-0.05, 0) is 42.5 Å². The molecule has 0 aliphatic carbocycles. The zero-order chi connectivity index (χ0) is 20.8. The summed E-state index contributed by atoms with van der Waals surface area (Å²) >= 11 is 17.9. The Labute approximate surface area is 182 Å². The Morgan fingerprint density at radius 1 is 0.862 bits per heavy atom. The second kappa shape index (κ2) is 9.56. The molecule has 3 aromatic rings. The highest BCUT2D eigenvalue weighted by Gasteiger charge is 2.18. The molecule has 29 heavy (non-hydrogen) atoms. The molecule has 146 valence electrons. The van der Waals surface area contributed by atoms with Crippen molar-refractivity contribution in [3.63, 3.8) is 0 Å². The number of hydrogen-bond acceptors (Lipinski definition) is 4. The van der Waals surface area contributed by atoms with Gasteiger partial charge in [0.05, 0.1) is 16.4 Å². The standard InChI is InChI=1S/C21H14Cl3N3O2/c22-14-6-9-16(10-7-14)26-27-19(20(28)13-4-2-1-3-5-13)21(29)25-18-12-15(23)8-11-17(18)24/h1-12,28H,(H,25,29)/b20-19+,27-26?. The quantitative estimate of drug-likeness (QED) is 0.245. The maximum absolute atomic E-state index is 12.9. The van der Waals surface area contributed by atoms with E-state index in [-0.39, 0.29) is 22.2 Å². The lowest BCUT2D eigenvalue weighted by Crippen LogP contribution is -2.15. The monoisotopic (exact) mass is 445 g/mol. The summed E-state index contributed by atoms with van der Waals surface area (Å²) in [7, 11) is 0. The number of azo groups is 1. The van der Waals surface area contributed by atoms with E-state index < -0.39 is 5.91 Å². The number of rotatable bonds is 5. The minimum Gasteiger partial charge on any atom is -0.505 e. The Morgan fingerprint density at radius 3 is 2.21 bits per heavy atom. The molecule has 0 fully saturated rings. The third kappa shape index (κ3) is 5.57. The third-order valence-electron chi connectivity index (χ3n) is 3.76. The Hall–Kier alpha value is -2.86. The van der Waals surface area contributed by atoms with Crippen molar-refractivity contribution in [3.05, 3.63) is 99.1 Å². The molecule has 0 unspecified atom stereocenters. The molecule has 0 saturated heterocycles. The molecule has 0 aliphatic rings. The van der Waals surface area contributed by atoms with Crippen LogP contribution >= 0.6 is 34.8 Å². The molecule has 0 atom stereocenters. The van der Waals surface area contributed by atoms with Crippen molar-refractivity contribution in [2.24, 2.45) is 10.2 Å². The smallest absolute Gasteiger partial charge is 0.280 e. The van der Waals surface area contributed by atoms with Crippen LogP contribution in [0.5, 0.6) is 0 Å². The summed E-state index contributed by atoms with van der Waals surface area (Å²) in [5.74, 6) is -1.04. The Bertz CT molecular complexity index is 1080. The fourth-order valence-corrected chi connectivity index (χ4v) is 2.79. The fraction of sp³-hybridized carbons (Fsp3) is 0. The molecule has 2 N–H and O–H groups in total. The number of aliphatic hydroxyl groups excluding tert-OH is 1. The van der Waals surface area contributed by atoms with Gasteiger partial charge in [-0.15, -0.1) is 5.11 Å². The molecule has 1 amide bonds. The topological polar surface area (TPSA) is 74.0 Å². The highest BCUT2D eigenvalue weighted by Crippen LogP contribution is 2.27. The van der Waals surface area contributed by atoms with E-state index in [0.29, 0.717) is 21.3 Å². The number of halogens is 3. The molecule has 0 aliphatic heterocycles. The van der Waals surface area contributed by atoms with Gasteiger partial charge in [0, 0.05) is 15.6 Å². The van der Waals surface area contributed by atoms with Gasteiger partial charge in [-0.1, -0.05) is 65.1 Å². The molecular formula is C21H14Cl3N3O2. The molecule has 0 saturated carbocycles. The van der Waals surface area contributed by atoms with E-state index in [2.05, 4.69) is 15.5 Å². The van der Waals surface area contributed by atoms with Crippen LogP contribution in [0.3, 0.4) is 0 Å². The molecule has 3 aromatic carbocycles. The Morgan fingerprint density at radius 2 is 1.52 bits per heavy atom. The van der Waals surface area contributed by atoms with Crippen LogP contribution in [0.4, 0.5) is 11.4 Å². The van der Waals surface area contributed by atoms with Crippen LogP contribution in [0.2, 0.25) is 15.1 Å². The van der Waals surface area contributed by atoms with E-state index in [1.165, 1.54) is 6.07 Å². The van der Waals surface area contributed by atoms with Gasteiger partial charge in [0.15, 0.2) is 11.5 Å². The van der Waals surface area contributed by atoms with Crippen molar-refractivity contribution in [1.82, 2.24) is 0 Å². The van der Waals surface area contributed by atoms with Crippen LogP contribution in [0.1, 0.15) is 5.56 Å². The van der Waals surface area contributed by atoms with Crippen LogP contribution in [0.15, 0.2) is 88.7 Å². The van der Waals surface area contributed by atoms with Crippen molar-refractivity contribution in [2.75, 3.05) is 5.32 Å². The van der Waals surface area contributed by atoms with Crippen molar-refractivity contribution in [1.29, 1.82) is 0 Å². The molecule has 3 rings (SSSR count). The van der Waals surface area contributed by atoms with Gasteiger partial charge in [-0.25, -0.2) is 0 Å². The van der Waals surface area contributed by atoms with Crippen molar-refractivity contribution in [2.45, 2.75) is 0 Å². The third-order valence-corrected chi connectivity index (χ3v) is 4.57. The maximum atomic E-state index is 12.9. The predicted octanol–water partition coefficient (Wildman–Crippen LogP) is 7.30. The fourth-order valence-electron chi connectivity index (χ4n) is 2.32. The maximum Gasteiger partial charge on any atom is 0.280 e. The summed E-state index contributed by atoms with van der Waals surface area (Å²) in [4.78, 5) is 12.9. The first-order valence-electron chi connectivity index (χ1n) is 8.36. The normalized spacial score (nSPS) is 12.0. The van der Waals surface area contributed by atoms with E-state index in [1.807, 2.05) is 0 Å². The minimum absolute atomic E-state index is 0.282. The summed E-state index contributed by atoms with van der Waals surface area (Å²) in [6, 6.07) is 19.7. The van der Waals surface area contributed by atoms with E-state index >= 15 is 0 Å². The van der Waals surface area contributed by atoms with Gasteiger partial charge in [-0.2, -0.15) is 5.11 Å². The number of nitrogens with zero attached hydrogens (tertiary/aromatic N) is 2. The lowest BCUT2D eigenvalue weighted by molar-refractivity contribution is -0.112. The SMILES string of the molecule is O=C(Nc1cc(Cl)ccc1Cl)/C(N=Nc1ccc(Cl)cc1)=C(\O)c1ccccc1. The first-order chi connectivity index (χ1) is 13.9. The Kier molecular flexibility index (Phi) is 6.88. The average Bonchev–Trinajstić information content (AvgIpc) is 2.72. The van der Waals surface area contributed by atoms with Gasteiger partial charge in [0.1, 0.15) is 0 Å². The number of benzene rings is 3. The summed E-state index contributed by atoms with van der Waals surface area (Å²) in [6.07, 6.45) is 0. The zero-order valence-corrected chi connectivity index (χ0v) is 17.1. The van der Waals surface area contributed by atoms with Crippen LogP contribution in [-0.2, 0) is 4.79 Å². The highest BCUT2D eigenvalue weighted by molar-refractivity contribution is 6.36. The molecule has 0 bridgehead atoms. The summed E-state index contributed by atoms with van der Waals surface area (Å²) in [5, 5.41) is 22.5. The summed E-state index contributed by atoms with van der Waals surface area (Å²) in [6.45, 7) is 0. The number of amides is 1. The van der Waals surface area contributed by atoms with Crippen molar-refractivity contribution >= 4 is 57.8 Å². The number of hydrogen-bond donors (Lipinski definition) is 2. The molecule has 0 heterocycles. The van der Waals surface area contributed by atoms with Gasteiger partial charge in [0.2, 0.25) is 0 Å². The zero-order valence-electron chi connectivity index (χ0n) is 14.8. The highest BCUT2D eigenvalue weighted by atomic mass is 35.5. The number of carbonyl (C=O) groups is 1. The van der Waals surface area contributed by atoms with Crippen LogP contribution in [0.25, 0.3) is 5.76 Å². The molecule has 8 heteroatoms. The number of nitrogens with one attached hydrogen (secondary N) is 1. The summed E-state index contributed by atoms with van der Waals surface area (Å²) < 4.78 is 0. The van der Waals surface area contributed by atoms with E-state index in [0.717, 1.165) is 0 Å². The molecule has 0 aromatic heterocycles. The largest absolute Gasteiger partial charge is 0.505 e. The first kappa shape index (κ1) is 20.9. The van der Waals surface area contributed by atoms with Crippen molar-refractivity contribution < 1.29 is 9.90 Å². The predicted molar refractivity (Wildman–Crippen MR) is 117 cm³/mol. The first-order valence-corrected chi connectivity index (χ1v) is 9.50. The Balaban J connectivity index is 1.99. The number of anilines is 1. The van der Waals surface area contributed by atoms with Crippen LogP contribution < -0.4 is 5.32 Å². The van der Waals surface area contributed by atoms with Crippen LogP contribution in [-0.4, -0.2) is 11.0 Å². The van der Waals surface area contributed by atoms with Gasteiger partial charge >= 0.3 is 0 Å². The number of carbonyl (C=O) groups excluding carboxylic acids is 1. The second-order valence-corrected chi connectivity index (χ2v) is 7.10. The van der Waals surface area contributed by atoms with E-state index in [4.69, 9.17) is 34.8 Å². The minimum atomic E-state index is -0.701. The van der Waals surface area contributed by atoms with E-state index in [9.17, 15) is 9.90 Å². The lowest BCUT2D eigenvalue weighted by Gasteiger charge is -2.09. The van der Waals surface area contributed by atoms with Gasteiger partial charge < -0.3 is 10.4 Å². The molecule has 5 nitrogen and oxygen atoms in total. The van der Waals surface area contributed by atoms with Crippen LogP contribution in [0, 0.1) is 0 Å². The molecular weight excluding hydrogens is 433 g/mol. The lowest BCUT2D eigenvalue weighted by atomic mass is 10.1. The number of aliphatic hydroxyl groups is 1.